The summed E-state index contributed by atoms with van der Waals surface area (Å²) < 4.78 is 2.04. The molecule has 0 saturated heterocycles. The van der Waals surface area contributed by atoms with Gasteiger partial charge in [0.2, 0.25) is 0 Å². The number of para-hydroxylation sites is 1. The molecular formula is C12H15ClN4. The summed E-state index contributed by atoms with van der Waals surface area (Å²) in [5, 5.41) is 3.86. The fraction of sp³-hybridized carbons (Fsp3) is 0.250. The largest absolute Gasteiger partial charge is 0.396 e. The highest BCUT2D eigenvalue weighted by molar-refractivity contribution is 6.33. The number of aryl methyl sites for hydroxylation is 1. The molecule has 0 spiro atoms. The number of imidazole rings is 1. The van der Waals surface area contributed by atoms with Crippen LogP contribution >= 0.6 is 11.6 Å². The number of nitrogens with zero attached hydrogens (tertiary/aromatic N) is 2. The van der Waals surface area contributed by atoms with Crippen molar-refractivity contribution >= 4 is 23.0 Å². The topological polar surface area (TPSA) is 55.9 Å². The van der Waals surface area contributed by atoms with Crippen molar-refractivity contribution in [3.8, 4) is 0 Å². The van der Waals surface area contributed by atoms with E-state index in [0.717, 1.165) is 25.2 Å². The average Bonchev–Trinajstić information content (AvgIpc) is 2.83. The Morgan fingerprint density at radius 1 is 1.41 bits per heavy atom. The van der Waals surface area contributed by atoms with E-state index in [1.54, 1.807) is 12.3 Å². The quantitative estimate of drug-likeness (QED) is 0.634. The van der Waals surface area contributed by atoms with Crippen molar-refractivity contribution in [2.24, 2.45) is 0 Å². The monoisotopic (exact) mass is 250 g/mol. The van der Waals surface area contributed by atoms with Gasteiger partial charge in [0.25, 0.3) is 0 Å². The second kappa shape index (κ2) is 5.59. The molecule has 17 heavy (non-hydrogen) atoms. The minimum Gasteiger partial charge on any atom is -0.396 e. The second-order valence-electron chi connectivity index (χ2n) is 3.78. The fourth-order valence-corrected chi connectivity index (χ4v) is 1.77. The van der Waals surface area contributed by atoms with Crippen LogP contribution in [0.25, 0.3) is 0 Å². The van der Waals surface area contributed by atoms with Crippen molar-refractivity contribution in [1.29, 1.82) is 0 Å². The minimum atomic E-state index is 0.588. The van der Waals surface area contributed by atoms with Crippen molar-refractivity contribution in [2.75, 3.05) is 17.6 Å². The van der Waals surface area contributed by atoms with Crippen molar-refractivity contribution in [3.05, 3.63) is 41.9 Å². The number of nitrogens with two attached hydrogens (primary N) is 1. The Bertz CT molecular complexity index is 467. The lowest BCUT2D eigenvalue weighted by molar-refractivity contribution is 0.661. The summed E-state index contributed by atoms with van der Waals surface area (Å²) in [5.41, 5.74) is 7.35. The van der Waals surface area contributed by atoms with Crippen LogP contribution in [0, 0.1) is 0 Å². The van der Waals surface area contributed by atoms with Gasteiger partial charge in [-0.05, 0) is 18.6 Å². The highest BCUT2D eigenvalue weighted by Crippen LogP contribution is 2.26. The molecule has 4 nitrogen and oxygen atoms in total. The van der Waals surface area contributed by atoms with Crippen LogP contribution in [0.2, 0.25) is 5.02 Å². The highest BCUT2D eigenvalue weighted by Gasteiger charge is 2.01. The normalized spacial score (nSPS) is 10.4. The number of benzene rings is 1. The van der Waals surface area contributed by atoms with E-state index >= 15 is 0 Å². The van der Waals surface area contributed by atoms with E-state index in [1.165, 1.54) is 0 Å². The molecule has 0 fully saturated rings. The molecule has 0 saturated carbocycles. The summed E-state index contributed by atoms with van der Waals surface area (Å²) in [4.78, 5) is 3.99. The van der Waals surface area contributed by atoms with E-state index in [9.17, 15) is 0 Å². The number of hydrogen-bond donors (Lipinski definition) is 2. The summed E-state index contributed by atoms with van der Waals surface area (Å²) in [7, 11) is 0. The maximum absolute atomic E-state index is 5.93. The summed E-state index contributed by atoms with van der Waals surface area (Å²) >= 11 is 5.93. The maximum atomic E-state index is 5.93. The molecule has 1 aromatic heterocycles. The Kier molecular flexibility index (Phi) is 3.88. The van der Waals surface area contributed by atoms with Gasteiger partial charge in [0, 0.05) is 25.5 Å². The second-order valence-corrected chi connectivity index (χ2v) is 4.19. The van der Waals surface area contributed by atoms with Crippen LogP contribution in [0.3, 0.4) is 0 Å². The third-order valence-electron chi connectivity index (χ3n) is 2.52. The van der Waals surface area contributed by atoms with E-state index < -0.39 is 0 Å². The van der Waals surface area contributed by atoms with Crippen molar-refractivity contribution in [3.63, 3.8) is 0 Å². The third-order valence-corrected chi connectivity index (χ3v) is 2.85. The van der Waals surface area contributed by atoms with Crippen LogP contribution in [0.5, 0.6) is 0 Å². The first-order valence-corrected chi connectivity index (χ1v) is 5.89. The fourth-order valence-electron chi connectivity index (χ4n) is 1.59. The molecule has 0 atom stereocenters. The predicted molar refractivity (Wildman–Crippen MR) is 71.2 cm³/mol. The lowest BCUT2D eigenvalue weighted by Gasteiger charge is -2.10. The number of hydrogen-bond acceptors (Lipinski definition) is 3. The van der Waals surface area contributed by atoms with E-state index in [1.807, 2.05) is 29.2 Å². The van der Waals surface area contributed by atoms with E-state index in [-0.39, 0.29) is 0 Å². The Hall–Kier alpha value is -1.68. The summed E-state index contributed by atoms with van der Waals surface area (Å²) in [6.45, 7) is 1.79. The van der Waals surface area contributed by atoms with Gasteiger partial charge in [0.1, 0.15) is 0 Å². The molecule has 0 bridgehead atoms. The molecule has 0 aliphatic heterocycles. The zero-order valence-corrected chi connectivity index (χ0v) is 10.2. The first kappa shape index (κ1) is 11.8. The standard InChI is InChI=1S/C12H15ClN4/c13-10-3-1-4-11(12(10)14)16-5-2-7-17-8-6-15-9-17/h1,3-4,6,8-9,16H,2,5,7,14H2. The number of aromatic nitrogens is 2. The molecule has 0 aliphatic rings. The van der Waals surface area contributed by atoms with Gasteiger partial charge in [-0.3, -0.25) is 0 Å². The van der Waals surface area contributed by atoms with Gasteiger partial charge in [-0.1, -0.05) is 17.7 Å². The Balaban J connectivity index is 1.80. The van der Waals surface area contributed by atoms with Crippen LogP contribution in [0.1, 0.15) is 6.42 Å². The molecule has 0 aliphatic carbocycles. The SMILES string of the molecule is Nc1c(Cl)cccc1NCCCn1ccnc1. The number of rotatable bonds is 5. The summed E-state index contributed by atoms with van der Waals surface area (Å²) in [5.74, 6) is 0. The number of nitrogen functional groups attached to an aromatic ring is 1. The van der Waals surface area contributed by atoms with Gasteiger partial charge in [-0.2, -0.15) is 0 Å². The van der Waals surface area contributed by atoms with Crippen LogP contribution in [0.4, 0.5) is 11.4 Å². The smallest absolute Gasteiger partial charge is 0.0945 e. The number of anilines is 2. The predicted octanol–water partition coefficient (Wildman–Crippen LogP) is 2.62. The number of halogens is 1. The number of nitrogens with one attached hydrogen (secondary N) is 1. The van der Waals surface area contributed by atoms with E-state index in [4.69, 9.17) is 17.3 Å². The van der Waals surface area contributed by atoms with Crippen molar-refractivity contribution < 1.29 is 0 Å². The van der Waals surface area contributed by atoms with E-state index in [2.05, 4.69) is 10.3 Å². The van der Waals surface area contributed by atoms with Crippen LogP contribution in [-0.2, 0) is 6.54 Å². The van der Waals surface area contributed by atoms with E-state index in [0.29, 0.717) is 10.7 Å². The zero-order chi connectivity index (χ0) is 12.1. The molecule has 90 valence electrons. The highest BCUT2D eigenvalue weighted by atomic mass is 35.5. The molecule has 2 aromatic rings. The van der Waals surface area contributed by atoms with Crippen LogP contribution in [0.15, 0.2) is 36.9 Å². The van der Waals surface area contributed by atoms with Crippen molar-refractivity contribution in [1.82, 2.24) is 9.55 Å². The van der Waals surface area contributed by atoms with Gasteiger partial charge in [-0.15, -0.1) is 0 Å². The zero-order valence-electron chi connectivity index (χ0n) is 9.44. The molecule has 1 aromatic carbocycles. The molecule has 0 amide bonds. The Morgan fingerprint density at radius 3 is 3.06 bits per heavy atom. The average molecular weight is 251 g/mol. The molecule has 1 heterocycles. The molecular weight excluding hydrogens is 236 g/mol. The van der Waals surface area contributed by atoms with Gasteiger partial charge in [0.15, 0.2) is 0 Å². The van der Waals surface area contributed by atoms with Gasteiger partial charge < -0.3 is 15.6 Å². The molecule has 5 heteroatoms. The van der Waals surface area contributed by atoms with Crippen LogP contribution < -0.4 is 11.1 Å². The van der Waals surface area contributed by atoms with Gasteiger partial charge >= 0.3 is 0 Å². The molecule has 2 rings (SSSR count). The first-order valence-electron chi connectivity index (χ1n) is 5.51. The van der Waals surface area contributed by atoms with Gasteiger partial charge in [0.05, 0.1) is 22.7 Å². The third kappa shape index (κ3) is 3.14. The maximum Gasteiger partial charge on any atom is 0.0945 e. The van der Waals surface area contributed by atoms with Gasteiger partial charge in [-0.25, -0.2) is 4.98 Å². The molecule has 0 unspecified atom stereocenters. The lowest BCUT2D eigenvalue weighted by atomic mass is 10.2. The molecule has 0 radical (unpaired) electrons. The molecule has 3 N–H and O–H groups in total. The van der Waals surface area contributed by atoms with Crippen LogP contribution in [-0.4, -0.2) is 16.1 Å². The first-order chi connectivity index (χ1) is 8.27. The Labute approximate surface area is 105 Å². The lowest BCUT2D eigenvalue weighted by Crippen LogP contribution is -2.07. The van der Waals surface area contributed by atoms with Crippen molar-refractivity contribution in [2.45, 2.75) is 13.0 Å². The summed E-state index contributed by atoms with van der Waals surface area (Å²) in [6, 6.07) is 5.60. The Morgan fingerprint density at radius 2 is 2.29 bits per heavy atom. The summed E-state index contributed by atoms with van der Waals surface area (Å²) in [6.07, 6.45) is 6.55. The minimum absolute atomic E-state index is 0.588.